The highest BCUT2D eigenvalue weighted by atomic mass is 14.2. The maximum absolute atomic E-state index is 2.52. The fraction of sp³-hybridized carbons (Fsp3) is 0.333. The van der Waals surface area contributed by atoms with Crippen LogP contribution in [0.2, 0.25) is 0 Å². The smallest absolute Gasteiger partial charge is 0.000174 e. The normalized spacial score (nSPS) is 19.6. The Kier molecular flexibility index (Phi) is 6.30. The van der Waals surface area contributed by atoms with Gasteiger partial charge in [-0.2, -0.15) is 0 Å². The molecule has 1 atom stereocenters. The second-order valence-electron chi connectivity index (χ2n) is 11.5. The standard InChI is InChI=1S/C36H38/c1-24-9-12-31(17-24)30-13-10-27(11-14-30)19-28-20-33(29-7-5-4-6-8-29)22-34(21-28)32-15-16-35-25(2)18-26(3)36(35)23-32/h9-16,18,20-23,26,29H,4-8,17,19H2,1-3H3. The molecule has 3 aliphatic rings. The van der Waals surface area contributed by atoms with E-state index in [0.717, 1.165) is 12.8 Å². The van der Waals surface area contributed by atoms with Crippen molar-refractivity contribution in [2.24, 2.45) is 0 Å². The predicted octanol–water partition coefficient (Wildman–Crippen LogP) is 10.2. The van der Waals surface area contributed by atoms with Gasteiger partial charge in [0, 0.05) is 5.92 Å². The molecule has 0 aliphatic heterocycles. The van der Waals surface area contributed by atoms with Gasteiger partial charge in [0.2, 0.25) is 0 Å². The number of fused-ring (bicyclic) bond motifs is 1. The molecule has 6 rings (SSSR count). The van der Waals surface area contributed by atoms with E-state index in [9.17, 15) is 0 Å². The fourth-order valence-electron chi connectivity index (χ4n) is 6.62. The van der Waals surface area contributed by atoms with Crippen LogP contribution in [0.3, 0.4) is 0 Å². The Morgan fingerprint density at radius 3 is 2.25 bits per heavy atom. The summed E-state index contributed by atoms with van der Waals surface area (Å²) in [5.74, 6) is 1.22. The van der Waals surface area contributed by atoms with Gasteiger partial charge in [-0.3, -0.25) is 0 Å². The SMILES string of the molecule is CC1=CC=C(c2ccc(Cc3cc(-c4ccc5c(c4)C(C)C=C5C)cc(C4CCCCC4)c3)cc2)C1. The largest absolute Gasteiger partial charge is 0.0737 e. The summed E-state index contributed by atoms with van der Waals surface area (Å²) in [4.78, 5) is 0. The van der Waals surface area contributed by atoms with E-state index in [4.69, 9.17) is 0 Å². The van der Waals surface area contributed by atoms with Gasteiger partial charge in [0.1, 0.15) is 0 Å². The number of allylic oxidation sites excluding steroid dienone is 6. The molecule has 0 amide bonds. The van der Waals surface area contributed by atoms with Crippen molar-refractivity contribution in [3.63, 3.8) is 0 Å². The Morgan fingerprint density at radius 1 is 0.722 bits per heavy atom. The number of hydrogen-bond donors (Lipinski definition) is 0. The van der Waals surface area contributed by atoms with Crippen molar-refractivity contribution in [2.45, 2.75) is 77.6 Å². The van der Waals surface area contributed by atoms with E-state index in [1.165, 1.54) is 87.8 Å². The first-order valence-corrected chi connectivity index (χ1v) is 14.0. The second-order valence-corrected chi connectivity index (χ2v) is 11.5. The molecule has 1 fully saturated rings. The molecule has 3 aliphatic carbocycles. The van der Waals surface area contributed by atoms with Gasteiger partial charge in [0.25, 0.3) is 0 Å². The number of hydrogen-bond acceptors (Lipinski definition) is 0. The second kappa shape index (κ2) is 9.74. The van der Waals surface area contributed by atoms with Crippen molar-refractivity contribution in [2.75, 3.05) is 0 Å². The van der Waals surface area contributed by atoms with Crippen LogP contribution in [-0.2, 0) is 6.42 Å². The summed E-state index contributed by atoms with van der Waals surface area (Å²) in [5, 5.41) is 0. The summed E-state index contributed by atoms with van der Waals surface area (Å²) in [6.07, 6.45) is 15.8. The van der Waals surface area contributed by atoms with E-state index >= 15 is 0 Å². The van der Waals surface area contributed by atoms with Crippen molar-refractivity contribution in [3.8, 4) is 11.1 Å². The Labute approximate surface area is 217 Å². The summed E-state index contributed by atoms with van der Waals surface area (Å²) in [6.45, 7) is 6.79. The molecule has 3 aromatic rings. The van der Waals surface area contributed by atoms with Crippen molar-refractivity contribution < 1.29 is 0 Å². The quantitative estimate of drug-likeness (QED) is 0.348. The Morgan fingerprint density at radius 2 is 1.50 bits per heavy atom. The average Bonchev–Trinajstić information content (AvgIpc) is 3.47. The molecule has 1 unspecified atom stereocenters. The molecule has 182 valence electrons. The van der Waals surface area contributed by atoms with Crippen molar-refractivity contribution in [1.29, 1.82) is 0 Å². The lowest BCUT2D eigenvalue weighted by molar-refractivity contribution is 0.443. The molecule has 0 saturated heterocycles. The third-order valence-corrected chi connectivity index (χ3v) is 8.66. The summed E-state index contributed by atoms with van der Waals surface area (Å²) in [5.41, 5.74) is 15.7. The van der Waals surface area contributed by atoms with E-state index in [0.29, 0.717) is 11.8 Å². The highest BCUT2D eigenvalue weighted by Gasteiger charge is 2.20. The summed E-state index contributed by atoms with van der Waals surface area (Å²) < 4.78 is 0. The van der Waals surface area contributed by atoms with Gasteiger partial charge >= 0.3 is 0 Å². The van der Waals surface area contributed by atoms with Gasteiger partial charge in [0.15, 0.2) is 0 Å². The van der Waals surface area contributed by atoms with E-state index in [-0.39, 0.29) is 0 Å². The molecule has 3 aromatic carbocycles. The van der Waals surface area contributed by atoms with Crippen LogP contribution in [0.15, 0.2) is 84.5 Å². The minimum atomic E-state index is 0.508. The number of benzene rings is 3. The summed E-state index contributed by atoms with van der Waals surface area (Å²) in [6, 6.07) is 23.9. The maximum atomic E-state index is 2.52. The molecule has 0 heterocycles. The lowest BCUT2D eigenvalue weighted by Crippen LogP contribution is -2.05. The van der Waals surface area contributed by atoms with E-state index in [2.05, 4.69) is 99.7 Å². The molecule has 0 heteroatoms. The van der Waals surface area contributed by atoms with Crippen LogP contribution >= 0.6 is 0 Å². The lowest BCUT2D eigenvalue weighted by atomic mass is 9.82. The molecular formula is C36H38. The van der Waals surface area contributed by atoms with Crippen LogP contribution in [0, 0.1) is 0 Å². The first kappa shape index (κ1) is 23.3. The third-order valence-electron chi connectivity index (χ3n) is 8.66. The van der Waals surface area contributed by atoms with Crippen LogP contribution in [-0.4, -0.2) is 0 Å². The first-order chi connectivity index (χ1) is 17.5. The van der Waals surface area contributed by atoms with Gasteiger partial charge in [-0.15, -0.1) is 0 Å². The third kappa shape index (κ3) is 4.66. The monoisotopic (exact) mass is 470 g/mol. The highest BCUT2D eigenvalue weighted by Crippen LogP contribution is 2.40. The Balaban J connectivity index is 1.32. The molecule has 0 nitrogen and oxygen atoms in total. The van der Waals surface area contributed by atoms with Gasteiger partial charge in [0.05, 0.1) is 0 Å². The molecule has 0 aromatic heterocycles. The summed E-state index contributed by atoms with van der Waals surface area (Å²) >= 11 is 0. The van der Waals surface area contributed by atoms with Crippen LogP contribution in [0.5, 0.6) is 0 Å². The number of rotatable bonds is 5. The topological polar surface area (TPSA) is 0 Å². The fourth-order valence-corrected chi connectivity index (χ4v) is 6.62. The highest BCUT2D eigenvalue weighted by molar-refractivity contribution is 5.78. The molecule has 0 radical (unpaired) electrons. The maximum Gasteiger partial charge on any atom is 0.000174 e. The Bertz CT molecular complexity index is 1370. The minimum absolute atomic E-state index is 0.508. The average molecular weight is 471 g/mol. The van der Waals surface area contributed by atoms with E-state index < -0.39 is 0 Å². The van der Waals surface area contributed by atoms with Gasteiger partial charge < -0.3 is 0 Å². The molecule has 0 bridgehead atoms. The first-order valence-electron chi connectivity index (χ1n) is 14.0. The molecule has 1 saturated carbocycles. The van der Waals surface area contributed by atoms with Crippen LogP contribution in [0.1, 0.15) is 105 Å². The molecular weight excluding hydrogens is 432 g/mol. The van der Waals surface area contributed by atoms with Crippen molar-refractivity contribution in [3.05, 3.63) is 118 Å². The van der Waals surface area contributed by atoms with Gasteiger partial charge in [-0.05, 0) is 107 Å². The predicted molar refractivity (Wildman–Crippen MR) is 155 cm³/mol. The zero-order valence-corrected chi connectivity index (χ0v) is 22.1. The van der Waals surface area contributed by atoms with E-state index in [1.807, 2.05) is 0 Å². The Hall–Kier alpha value is -3.12. The molecule has 0 spiro atoms. The zero-order valence-electron chi connectivity index (χ0n) is 22.1. The van der Waals surface area contributed by atoms with Crippen LogP contribution in [0.4, 0.5) is 0 Å². The zero-order chi connectivity index (χ0) is 24.6. The van der Waals surface area contributed by atoms with Crippen molar-refractivity contribution >= 4 is 11.1 Å². The van der Waals surface area contributed by atoms with Gasteiger partial charge in [-0.1, -0.05) is 105 Å². The molecule has 0 N–H and O–H groups in total. The summed E-state index contributed by atoms with van der Waals surface area (Å²) in [7, 11) is 0. The van der Waals surface area contributed by atoms with Crippen LogP contribution in [0.25, 0.3) is 22.3 Å². The minimum Gasteiger partial charge on any atom is -0.0737 e. The molecule has 36 heavy (non-hydrogen) atoms. The van der Waals surface area contributed by atoms with Crippen LogP contribution < -0.4 is 0 Å². The van der Waals surface area contributed by atoms with Gasteiger partial charge in [-0.25, -0.2) is 0 Å². The lowest BCUT2D eigenvalue weighted by Gasteiger charge is -2.23. The van der Waals surface area contributed by atoms with E-state index in [1.54, 1.807) is 5.56 Å². The van der Waals surface area contributed by atoms with Crippen molar-refractivity contribution in [1.82, 2.24) is 0 Å².